The van der Waals surface area contributed by atoms with Crippen molar-refractivity contribution in [3.63, 3.8) is 0 Å². The van der Waals surface area contributed by atoms with Gasteiger partial charge < -0.3 is 4.90 Å². The molecule has 0 saturated heterocycles. The molecule has 0 aliphatic rings. The molecule has 0 aliphatic carbocycles. The molecule has 0 unspecified atom stereocenters. The topological polar surface area (TPSA) is 3.24 Å². The highest BCUT2D eigenvalue weighted by atomic mass is 28.3. The molecule has 0 saturated carbocycles. The monoisotopic (exact) mass is 199 g/mol. The van der Waals surface area contributed by atoms with Crippen LogP contribution in [0.5, 0.6) is 0 Å². The van der Waals surface area contributed by atoms with Crippen molar-refractivity contribution in [1.29, 1.82) is 0 Å². The maximum atomic E-state index is 2.49. The van der Waals surface area contributed by atoms with Gasteiger partial charge in [0.05, 0.1) is 8.07 Å². The van der Waals surface area contributed by atoms with Gasteiger partial charge in [-0.3, -0.25) is 0 Å². The van der Waals surface area contributed by atoms with E-state index in [0.717, 1.165) is 0 Å². The fourth-order valence-electron chi connectivity index (χ4n) is 1.41. The van der Waals surface area contributed by atoms with E-state index in [0.29, 0.717) is 0 Å². The summed E-state index contributed by atoms with van der Waals surface area (Å²) in [6, 6.07) is 2.80. The van der Waals surface area contributed by atoms with Crippen LogP contribution in [-0.4, -0.2) is 33.6 Å². The van der Waals surface area contributed by atoms with Crippen LogP contribution < -0.4 is 0 Å². The minimum atomic E-state index is -0.905. The fraction of sp³-hybridized carbons (Fsp3) is 0.818. The van der Waals surface area contributed by atoms with Crippen molar-refractivity contribution >= 4 is 8.07 Å². The molecule has 0 aromatic carbocycles. The van der Waals surface area contributed by atoms with Crippen LogP contribution >= 0.6 is 0 Å². The first-order valence-corrected chi connectivity index (χ1v) is 8.65. The second-order valence-electron chi connectivity index (χ2n) is 4.84. The third kappa shape index (κ3) is 8.25. The van der Waals surface area contributed by atoms with E-state index >= 15 is 0 Å². The summed E-state index contributed by atoms with van der Waals surface area (Å²) in [6.07, 6.45) is 5.88. The number of rotatable bonds is 6. The zero-order chi connectivity index (χ0) is 10.3. The summed E-state index contributed by atoms with van der Waals surface area (Å²) in [5.41, 5.74) is 0. The average Bonchev–Trinajstić information content (AvgIpc) is 2.00. The third-order valence-electron chi connectivity index (χ3n) is 2.37. The van der Waals surface area contributed by atoms with Gasteiger partial charge in [-0.05, 0) is 40.0 Å². The Balaban J connectivity index is 3.62. The fourth-order valence-corrected chi connectivity index (χ4v) is 3.61. The summed E-state index contributed by atoms with van der Waals surface area (Å²) in [5, 5.41) is 0. The SMILES string of the molecule is CC=CC[Si](C)(C)CCCN(C)C. The van der Waals surface area contributed by atoms with Crippen LogP contribution in [0.15, 0.2) is 12.2 Å². The van der Waals surface area contributed by atoms with Crippen LogP contribution in [0.2, 0.25) is 25.2 Å². The summed E-state index contributed by atoms with van der Waals surface area (Å²) < 4.78 is 0. The maximum absolute atomic E-state index is 2.49. The zero-order valence-electron chi connectivity index (χ0n) is 9.93. The summed E-state index contributed by atoms with van der Waals surface area (Å²) in [4.78, 5) is 2.28. The van der Waals surface area contributed by atoms with E-state index in [1.54, 1.807) is 0 Å². The molecule has 0 atom stereocenters. The first kappa shape index (κ1) is 12.9. The molecule has 0 aliphatic heterocycles. The second kappa shape index (κ2) is 6.38. The Morgan fingerprint density at radius 2 is 1.85 bits per heavy atom. The Labute approximate surface area is 84.8 Å². The molecule has 0 fully saturated rings. The molecule has 0 radical (unpaired) electrons. The summed E-state index contributed by atoms with van der Waals surface area (Å²) in [6.45, 7) is 8.34. The molecule has 2 heteroatoms. The molecule has 0 bridgehead atoms. The molecule has 0 heterocycles. The van der Waals surface area contributed by atoms with Gasteiger partial charge >= 0.3 is 0 Å². The van der Waals surface area contributed by atoms with Crippen molar-refractivity contribution < 1.29 is 0 Å². The van der Waals surface area contributed by atoms with Gasteiger partial charge in [0, 0.05) is 0 Å². The van der Waals surface area contributed by atoms with Crippen molar-refractivity contribution in [2.75, 3.05) is 20.6 Å². The summed E-state index contributed by atoms with van der Waals surface area (Å²) >= 11 is 0. The number of hydrogen-bond acceptors (Lipinski definition) is 1. The van der Waals surface area contributed by atoms with E-state index in [1.807, 2.05) is 0 Å². The smallest absolute Gasteiger partial charge is 0.0511 e. The molecule has 78 valence electrons. The van der Waals surface area contributed by atoms with E-state index < -0.39 is 8.07 Å². The first-order valence-electron chi connectivity index (χ1n) is 5.24. The van der Waals surface area contributed by atoms with E-state index in [4.69, 9.17) is 0 Å². The number of allylic oxidation sites excluding steroid dienone is 2. The molecular weight excluding hydrogens is 174 g/mol. The minimum absolute atomic E-state index is 0.905. The van der Waals surface area contributed by atoms with Gasteiger partial charge in [-0.15, -0.1) is 0 Å². The zero-order valence-corrected chi connectivity index (χ0v) is 10.9. The Morgan fingerprint density at radius 1 is 1.23 bits per heavy atom. The quantitative estimate of drug-likeness (QED) is 0.469. The van der Waals surface area contributed by atoms with E-state index in [-0.39, 0.29) is 0 Å². The average molecular weight is 199 g/mol. The lowest BCUT2D eigenvalue weighted by molar-refractivity contribution is 0.407. The second-order valence-corrected chi connectivity index (χ2v) is 10.1. The van der Waals surface area contributed by atoms with Crippen LogP contribution in [0.3, 0.4) is 0 Å². The van der Waals surface area contributed by atoms with Gasteiger partial charge in [-0.2, -0.15) is 0 Å². The number of nitrogens with zero attached hydrogens (tertiary/aromatic N) is 1. The Hall–Kier alpha value is -0.0831. The van der Waals surface area contributed by atoms with E-state index in [1.165, 1.54) is 25.1 Å². The molecule has 13 heavy (non-hydrogen) atoms. The molecule has 1 nitrogen and oxygen atoms in total. The van der Waals surface area contributed by atoms with E-state index in [2.05, 4.69) is 51.2 Å². The lowest BCUT2D eigenvalue weighted by Gasteiger charge is -2.21. The standard InChI is InChI=1S/C11H25NSi/c1-6-7-10-13(4,5)11-8-9-12(2)3/h6-7H,8-11H2,1-5H3. The van der Waals surface area contributed by atoms with Gasteiger partial charge in [0.15, 0.2) is 0 Å². The van der Waals surface area contributed by atoms with Gasteiger partial charge in [-0.1, -0.05) is 31.3 Å². The lowest BCUT2D eigenvalue weighted by Crippen LogP contribution is -2.25. The molecule has 0 spiro atoms. The van der Waals surface area contributed by atoms with Crippen LogP contribution in [-0.2, 0) is 0 Å². The Bertz CT molecular complexity index is 150. The molecule has 0 aromatic heterocycles. The van der Waals surface area contributed by atoms with Gasteiger partial charge in [0.1, 0.15) is 0 Å². The molecular formula is C11H25NSi. The highest BCUT2D eigenvalue weighted by Crippen LogP contribution is 2.17. The lowest BCUT2D eigenvalue weighted by atomic mass is 10.5. The number of hydrogen-bond donors (Lipinski definition) is 0. The van der Waals surface area contributed by atoms with Gasteiger partial charge in [-0.25, -0.2) is 0 Å². The van der Waals surface area contributed by atoms with Crippen molar-refractivity contribution in [1.82, 2.24) is 4.90 Å². The van der Waals surface area contributed by atoms with Gasteiger partial charge in [0.2, 0.25) is 0 Å². The van der Waals surface area contributed by atoms with Crippen molar-refractivity contribution in [2.24, 2.45) is 0 Å². The molecule has 0 rings (SSSR count). The predicted molar refractivity (Wildman–Crippen MR) is 65.1 cm³/mol. The maximum Gasteiger partial charge on any atom is 0.0511 e. The summed E-state index contributed by atoms with van der Waals surface area (Å²) in [7, 11) is 3.40. The first-order chi connectivity index (χ1) is 5.98. The normalized spacial score (nSPS) is 13.1. The predicted octanol–water partition coefficient (Wildman–Crippen LogP) is 3.22. The molecule has 0 aromatic rings. The Kier molecular flexibility index (Phi) is 6.34. The minimum Gasteiger partial charge on any atom is -0.309 e. The van der Waals surface area contributed by atoms with Crippen LogP contribution in [0, 0.1) is 0 Å². The largest absolute Gasteiger partial charge is 0.309 e. The summed E-state index contributed by atoms with van der Waals surface area (Å²) in [5.74, 6) is 0. The Morgan fingerprint density at radius 3 is 2.31 bits per heavy atom. The highest BCUT2D eigenvalue weighted by Gasteiger charge is 2.17. The van der Waals surface area contributed by atoms with Crippen molar-refractivity contribution in [2.45, 2.75) is 38.5 Å². The van der Waals surface area contributed by atoms with Crippen LogP contribution in [0.25, 0.3) is 0 Å². The third-order valence-corrected chi connectivity index (χ3v) is 5.41. The van der Waals surface area contributed by atoms with E-state index in [9.17, 15) is 0 Å². The molecule has 0 amide bonds. The van der Waals surface area contributed by atoms with Crippen molar-refractivity contribution in [3.05, 3.63) is 12.2 Å². The van der Waals surface area contributed by atoms with Crippen LogP contribution in [0.1, 0.15) is 13.3 Å². The van der Waals surface area contributed by atoms with Crippen LogP contribution in [0.4, 0.5) is 0 Å². The van der Waals surface area contributed by atoms with Crippen molar-refractivity contribution in [3.8, 4) is 0 Å². The highest BCUT2D eigenvalue weighted by molar-refractivity contribution is 6.77. The van der Waals surface area contributed by atoms with Gasteiger partial charge in [0.25, 0.3) is 0 Å². The molecule has 0 N–H and O–H groups in total.